The number of imidazole rings is 1. The molecule has 4 aromatic rings. The molecule has 0 radical (unpaired) electrons. The Morgan fingerprint density at radius 3 is 2.58 bits per heavy atom. The zero-order valence-corrected chi connectivity index (χ0v) is 31.3. The third kappa shape index (κ3) is 9.84. The van der Waals surface area contributed by atoms with Gasteiger partial charge in [-0.1, -0.05) is 31.5 Å². The number of aromatic nitrogens is 2. The molecule has 10 nitrogen and oxygen atoms in total. The lowest BCUT2D eigenvalue weighted by Gasteiger charge is -2.31. The number of fused-ring (bicyclic) bond motifs is 1. The van der Waals surface area contributed by atoms with Crippen LogP contribution in [0.2, 0.25) is 0 Å². The molecule has 276 valence electrons. The average Bonchev–Trinajstić information content (AvgIpc) is 3.42. The highest BCUT2D eigenvalue weighted by Crippen LogP contribution is 2.34. The summed E-state index contributed by atoms with van der Waals surface area (Å²) in [6, 6.07) is 21.8. The lowest BCUT2D eigenvalue weighted by atomic mass is 10.00. The first-order chi connectivity index (χ1) is 25.4. The third-order valence-electron chi connectivity index (χ3n) is 9.41. The van der Waals surface area contributed by atoms with E-state index in [9.17, 15) is 9.35 Å². The quantitative estimate of drug-likeness (QED) is 0.0969. The van der Waals surface area contributed by atoms with Crippen molar-refractivity contribution in [3.8, 4) is 16.9 Å². The number of nitrogens with zero attached hydrogens (tertiary/aromatic N) is 3. The molecule has 1 N–H and O–H groups in total. The van der Waals surface area contributed by atoms with Crippen LogP contribution in [0.1, 0.15) is 50.1 Å². The van der Waals surface area contributed by atoms with Crippen molar-refractivity contribution in [2.45, 2.75) is 63.3 Å². The molecule has 3 aromatic carbocycles. The molecule has 1 aromatic heterocycles. The van der Waals surface area contributed by atoms with Gasteiger partial charge in [-0.25, -0.2) is 4.98 Å². The summed E-state index contributed by atoms with van der Waals surface area (Å²) < 4.78 is 38.4. The van der Waals surface area contributed by atoms with E-state index in [1.165, 1.54) is 0 Å². The predicted molar refractivity (Wildman–Crippen MR) is 206 cm³/mol. The molecule has 1 fully saturated rings. The summed E-state index contributed by atoms with van der Waals surface area (Å²) in [5, 5.41) is 3.08. The number of anilines is 2. The molecule has 3 heterocycles. The number of amides is 1. The van der Waals surface area contributed by atoms with Crippen molar-refractivity contribution in [3.63, 3.8) is 0 Å². The monoisotopic (exact) mass is 726 g/mol. The highest BCUT2D eigenvalue weighted by molar-refractivity contribution is 7.90. The largest absolute Gasteiger partial charge is 0.611 e. The van der Waals surface area contributed by atoms with E-state index < -0.39 is 11.2 Å². The topological polar surface area (TPSA) is 110 Å². The van der Waals surface area contributed by atoms with Crippen molar-refractivity contribution in [1.82, 2.24) is 9.55 Å². The Morgan fingerprint density at radius 1 is 1.02 bits per heavy atom. The Balaban J connectivity index is 1.16. The predicted octanol–water partition coefficient (Wildman–Crippen LogP) is 7.03. The number of nitrogens with one attached hydrogen (secondary N) is 1. The summed E-state index contributed by atoms with van der Waals surface area (Å²) in [7, 11) is 0. The zero-order chi connectivity index (χ0) is 36.3. The van der Waals surface area contributed by atoms with Crippen LogP contribution in [0.5, 0.6) is 5.75 Å². The Hall–Kier alpha value is -4.13. The first-order valence-electron chi connectivity index (χ1n) is 18.3. The van der Waals surface area contributed by atoms with Crippen LogP contribution in [0.4, 0.5) is 11.4 Å². The van der Waals surface area contributed by atoms with Crippen LogP contribution in [-0.4, -0.2) is 78.8 Å². The highest BCUT2D eigenvalue weighted by Gasteiger charge is 2.25. The molecule has 2 aliphatic rings. The number of unbranched alkanes of at least 4 members (excludes halogenated alkanes) is 1. The maximum atomic E-state index is 13.8. The van der Waals surface area contributed by atoms with Crippen molar-refractivity contribution >= 4 is 34.5 Å². The highest BCUT2D eigenvalue weighted by atomic mass is 32.2. The minimum atomic E-state index is -1.24. The number of carbonyl (C=O) groups excluding carboxylic acids is 1. The van der Waals surface area contributed by atoms with E-state index in [2.05, 4.69) is 52.5 Å². The molecule has 52 heavy (non-hydrogen) atoms. The minimum Gasteiger partial charge on any atom is -0.611 e. The van der Waals surface area contributed by atoms with Crippen LogP contribution in [0.3, 0.4) is 0 Å². The van der Waals surface area contributed by atoms with Crippen LogP contribution in [0, 0.1) is 6.92 Å². The summed E-state index contributed by atoms with van der Waals surface area (Å²) in [4.78, 5) is 21.2. The van der Waals surface area contributed by atoms with E-state index in [1.807, 2.05) is 60.9 Å². The SMILES string of the molecule is CCCCOCCOc1ccc(-c2ccc3c(c2)C=C(C(=O)Nc2ccc([S@+]([O-])Cc4c(C)ncn4CC)cc2)CCN3C[C@@H]2COCCO2)cc1. The molecule has 0 spiro atoms. The van der Waals surface area contributed by atoms with Crippen molar-refractivity contribution < 1.29 is 28.3 Å². The molecule has 2 atom stereocenters. The molecule has 0 saturated carbocycles. The van der Waals surface area contributed by atoms with E-state index in [0.717, 1.165) is 65.5 Å². The molecule has 6 rings (SSSR count). The van der Waals surface area contributed by atoms with Crippen molar-refractivity contribution in [2.75, 3.05) is 62.9 Å². The number of hydrogen-bond donors (Lipinski definition) is 1. The lowest BCUT2D eigenvalue weighted by Crippen LogP contribution is -2.40. The molecule has 0 bridgehead atoms. The van der Waals surface area contributed by atoms with Crippen LogP contribution in [-0.2, 0) is 42.5 Å². The van der Waals surface area contributed by atoms with E-state index in [-0.39, 0.29) is 12.0 Å². The summed E-state index contributed by atoms with van der Waals surface area (Å²) in [6.07, 6.45) is 6.49. The second kappa shape index (κ2) is 18.6. The summed E-state index contributed by atoms with van der Waals surface area (Å²) in [6.45, 7) is 11.8. The van der Waals surface area contributed by atoms with Gasteiger partial charge in [-0.3, -0.25) is 4.79 Å². The Labute approximate surface area is 310 Å². The molecule has 0 aliphatic carbocycles. The smallest absolute Gasteiger partial charge is 0.251 e. The lowest BCUT2D eigenvalue weighted by molar-refractivity contribution is -0.112. The first kappa shape index (κ1) is 37.6. The second-order valence-corrected chi connectivity index (χ2v) is 14.5. The van der Waals surface area contributed by atoms with Gasteiger partial charge in [-0.05, 0) is 109 Å². The minimum absolute atomic E-state index is 0.0447. The van der Waals surface area contributed by atoms with Crippen molar-refractivity contribution in [1.29, 1.82) is 0 Å². The fraction of sp³-hybridized carbons (Fsp3) is 0.415. The molecule has 1 saturated heterocycles. The maximum Gasteiger partial charge on any atom is 0.251 e. The molecular formula is C41H50N4O6S. The number of aryl methyl sites for hydroxylation is 2. The zero-order valence-electron chi connectivity index (χ0n) is 30.5. The number of benzene rings is 3. The molecule has 2 aliphatic heterocycles. The van der Waals surface area contributed by atoms with Crippen molar-refractivity contribution in [2.24, 2.45) is 0 Å². The number of ether oxygens (including phenoxy) is 4. The van der Waals surface area contributed by atoms with E-state index in [0.29, 0.717) is 74.5 Å². The van der Waals surface area contributed by atoms with E-state index in [1.54, 1.807) is 6.33 Å². The molecule has 0 unspecified atom stereocenters. The van der Waals surface area contributed by atoms with Gasteiger partial charge >= 0.3 is 0 Å². The fourth-order valence-electron chi connectivity index (χ4n) is 6.42. The van der Waals surface area contributed by atoms with Gasteiger partial charge in [0, 0.05) is 43.2 Å². The van der Waals surface area contributed by atoms with Gasteiger partial charge < -0.3 is 38.3 Å². The standard InChI is InChI=1S/C41H50N4O6S/c1-4-6-19-48-20-22-50-36-12-7-31(8-13-36)32-9-16-39-34(24-32)25-33(17-18-45(39)26-37-27-49-21-23-51-37)41(46)43-35-10-14-38(15-11-35)52(47)28-40-30(3)42-29-44(40)5-2/h7-16,24-25,29,37H,4-6,17-23,26-28H2,1-3H3,(H,43,46)/t37-,52-/m1/s1. The third-order valence-corrected chi connectivity index (χ3v) is 10.7. The number of carbonyl (C=O) groups is 1. The van der Waals surface area contributed by atoms with Crippen LogP contribution in [0.15, 0.2) is 83.5 Å². The van der Waals surface area contributed by atoms with E-state index >= 15 is 0 Å². The number of rotatable bonds is 16. The van der Waals surface area contributed by atoms with Gasteiger partial charge in [0.25, 0.3) is 5.91 Å². The van der Waals surface area contributed by atoms with E-state index in [4.69, 9.17) is 18.9 Å². The molecule has 11 heteroatoms. The fourth-order valence-corrected chi connectivity index (χ4v) is 7.65. The van der Waals surface area contributed by atoms with Gasteiger partial charge in [0.05, 0.1) is 50.2 Å². The summed E-state index contributed by atoms with van der Waals surface area (Å²) >= 11 is -1.24. The normalized spacial score (nSPS) is 16.5. The Morgan fingerprint density at radius 2 is 1.83 bits per heavy atom. The van der Waals surface area contributed by atoms with Gasteiger partial charge in [0.15, 0.2) is 10.6 Å². The Bertz CT molecular complexity index is 1790. The first-order valence-corrected chi connectivity index (χ1v) is 19.6. The van der Waals surface area contributed by atoms with Crippen molar-refractivity contribution in [3.05, 3.63) is 95.6 Å². The maximum absolute atomic E-state index is 13.8. The molecule has 1 amide bonds. The van der Waals surface area contributed by atoms with Crippen LogP contribution >= 0.6 is 0 Å². The van der Waals surface area contributed by atoms with Crippen LogP contribution < -0.4 is 15.0 Å². The molecular weight excluding hydrogens is 677 g/mol. The van der Waals surface area contributed by atoms with Gasteiger partial charge in [-0.2, -0.15) is 0 Å². The Kier molecular flexibility index (Phi) is 13.4. The summed E-state index contributed by atoms with van der Waals surface area (Å²) in [5.74, 6) is 1.03. The van der Waals surface area contributed by atoms with Gasteiger partial charge in [0.1, 0.15) is 12.4 Å². The second-order valence-electron chi connectivity index (χ2n) is 13.1. The summed E-state index contributed by atoms with van der Waals surface area (Å²) in [5.41, 5.74) is 7.32. The van der Waals surface area contributed by atoms with Gasteiger partial charge in [0.2, 0.25) is 0 Å². The number of hydrogen-bond acceptors (Lipinski definition) is 8. The van der Waals surface area contributed by atoms with Gasteiger partial charge in [-0.15, -0.1) is 0 Å². The average molecular weight is 727 g/mol. The van der Waals surface area contributed by atoms with Crippen LogP contribution in [0.25, 0.3) is 17.2 Å².